The quantitative estimate of drug-likeness (QED) is 0.653. The van der Waals surface area contributed by atoms with Gasteiger partial charge in [0.2, 0.25) is 0 Å². The number of hydrogen-bond donors (Lipinski definition) is 0. The maximum absolute atomic E-state index is 13.4. The summed E-state index contributed by atoms with van der Waals surface area (Å²) in [5.41, 5.74) is 1.85. The van der Waals surface area contributed by atoms with Crippen LogP contribution < -0.4 is 0 Å². The fourth-order valence-corrected chi connectivity index (χ4v) is 1.58. The lowest BCUT2D eigenvalue weighted by atomic mass is 9.86. The first kappa shape index (κ1) is 11.5. The van der Waals surface area contributed by atoms with Crippen molar-refractivity contribution in [2.45, 2.75) is 39.5 Å². The third-order valence-corrected chi connectivity index (χ3v) is 2.77. The Hall–Kier alpha value is -0.560. The number of benzene rings is 1. The van der Waals surface area contributed by atoms with Crippen LogP contribution in [0, 0.1) is 5.82 Å². The number of hydrogen-bond acceptors (Lipinski definition) is 0. The number of aryl methyl sites for hydroxylation is 1. The topological polar surface area (TPSA) is 0 Å². The van der Waals surface area contributed by atoms with Crippen LogP contribution in [0.5, 0.6) is 0 Å². The average Bonchev–Trinajstić information content (AvgIpc) is 2.07. The predicted molar refractivity (Wildman–Crippen MR) is 59.5 cm³/mol. The summed E-state index contributed by atoms with van der Waals surface area (Å²) < 4.78 is 13.4. The van der Waals surface area contributed by atoms with Crippen molar-refractivity contribution in [1.82, 2.24) is 0 Å². The zero-order valence-corrected chi connectivity index (χ0v) is 9.87. The van der Waals surface area contributed by atoms with E-state index in [2.05, 4.69) is 20.8 Å². The van der Waals surface area contributed by atoms with E-state index in [1.807, 2.05) is 13.0 Å². The van der Waals surface area contributed by atoms with Crippen LogP contribution in [-0.4, -0.2) is 0 Å². The van der Waals surface area contributed by atoms with Gasteiger partial charge in [-0.1, -0.05) is 45.4 Å². The van der Waals surface area contributed by atoms with Gasteiger partial charge in [0, 0.05) is 0 Å². The highest BCUT2D eigenvalue weighted by molar-refractivity contribution is 6.31. The smallest absolute Gasteiger partial charge is 0.142 e. The first-order valence-electron chi connectivity index (χ1n) is 4.84. The molecule has 1 aromatic carbocycles. The van der Waals surface area contributed by atoms with Crippen molar-refractivity contribution >= 4 is 11.6 Å². The molecule has 0 bridgehead atoms. The molecular weight excluding hydrogens is 199 g/mol. The van der Waals surface area contributed by atoms with Crippen molar-refractivity contribution in [2.75, 3.05) is 0 Å². The van der Waals surface area contributed by atoms with Gasteiger partial charge in [-0.05, 0) is 29.0 Å². The Labute approximate surface area is 90.1 Å². The maximum atomic E-state index is 13.4. The van der Waals surface area contributed by atoms with Gasteiger partial charge in [-0.3, -0.25) is 0 Å². The van der Waals surface area contributed by atoms with Crippen LogP contribution in [0.15, 0.2) is 12.1 Å². The SMILES string of the molecule is CCc1cc(C(C)(C)C)cc(F)c1Cl. The van der Waals surface area contributed by atoms with E-state index >= 15 is 0 Å². The largest absolute Gasteiger partial charge is 0.205 e. The summed E-state index contributed by atoms with van der Waals surface area (Å²) in [5.74, 6) is -0.309. The van der Waals surface area contributed by atoms with Crippen molar-refractivity contribution in [3.63, 3.8) is 0 Å². The van der Waals surface area contributed by atoms with E-state index < -0.39 is 0 Å². The molecule has 0 radical (unpaired) electrons. The van der Waals surface area contributed by atoms with Crippen molar-refractivity contribution < 1.29 is 4.39 Å². The summed E-state index contributed by atoms with van der Waals surface area (Å²) >= 11 is 5.84. The van der Waals surface area contributed by atoms with Gasteiger partial charge in [-0.25, -0.2) is 4.39 Å². The Balaban J connectivity index is 3.30. The van der Waals surface area contributed by atoms with E-state index in [0.29, 0.717) is 0 Å². The molecular formula is C12H16ClF. The van der Waals surface area contributed by atoms with Crippen LogP contribution >= 0.6 is 11.6 Å². The van der Waals surface area contributed by atoms with Gasteiger partial charge < -0.3 is 0 Å². The molecule has 2 heteroatoms. The third-order valence-electron chi connectivity index (χ3n) is 2.35. The molecule has 0 heterocycles. The fraction of sp³-hybridized carbons (Fsp3) is 0.500. The van der Waals surface area contributed by atoms with Crippen LogP contribution in [0.2, 0.25) is 5.02 Å². The third kappa shape index (κ3) is 2.27. The second kappa shape index (κ2) is 3.90. The monoisotopic (exact) mass is 214 g/mol. The van der Waals surface area contributed by atoms with E-state index in [4.69, 9.17) is 11.6 Å². The Kier molecular flexibility index (Phi) is 3.20. The van der Waals surface area contributed by atoms with Gasteiger partial charge in [0.25, 0.3) is 0 Å². The Bertz CT molecular complexity index is 337. The Morgan fingerprint density at radius 1 is 1.29 bits per heavy atom. The van der Waals surface area contributed by atoms with E-state index in [1.165, 1.54) is 6.07 Å². The maximum Gasteiger partial charge on any atom is 0.142 e. The highest BCUT2D eigenvalue weighted by Crippen LogP contribution is 2.29. The van der Waals surface area contributed by atoms with Crippen LogP contribution in [0.4, 0.5) is 4.39 Å². The van der Waals surface area contributed by atoms with Crippen molar-refractivity contribution in [1.29, 1.82) is 0 Å². The first-order chi connectivity index (χ1) is 6.36. The molecule has 0 aliphatic rings. The minimum Gasteiger partial charge on any atom is -0.205 e. The summed E-state index contributed by atoms with van der Waals surface area (Å²) in [6.45, 7) is 8.17. The molecule has 0 aliphatic carbocycles. The first-order valence-corrected chi connectivity index (χ1v) is 5.22. The van der Waals surface area contributed by atoms with Gasteiger partial charge in [-0.15, -0.1) is 0 Å². The molecule has 0 aliphatic heterocycles. The second-order valence-electron chi connectivity index (χ2n) is 4.53. The van der Waals surface area contributed by atoms with E-state index in [1.54, 1.807) is 0 Å². The predicted octanol–water partition coefficient (Wildman–Crippen LogP) is 4.34. The highest BCUT2D eigenvalue weighted by atomic mass is 35.5. The molecule has 0 amide bonds. The van der Waals surface area contributed by atoms with E-state index in [-0.39, 0.29) is 16.3 Å². The molecule has 0 N–H and O–H groups in total. The van der Waals surface area contributed by atoms with Gasteiger partial charge in [0.1, 0.15) is 5.82 Å². The molecule has 1 rings (SSSR count). The Morgan fingerprint density at radius 3 is 2.29 bits per heavy atom. The van der Waals surface area contributed by atoms with Crippen molar-refractivity contribution in [3.8, 4) is 0 Å². The molecule has 0 fully saturated rings. The number of halogens is 2. The zero-order valence-electron chi connectivity index (χ0n) is 9.12. The number of rotatable bonds is 1. The molecule has 0 nitrogen and oxygen atoms in total. The standard InChI is InChI=1S/C12H16ClF/c1-5-8-6-9(12(2,3)4)7-10(14)11(8)13/h6-7H,5H2,1-4H3. The van der Waals surface area contributed by atoms with Gasteiger partial charge in [0.15, 0.2) is 0 Å². The average molecular weight is 215 g/mol. The minimum absolute atomic E-state index is 0.0324. The minimum atomic E-state index is -0.309. The molecule has 0 saturated carbocycles. The molecule has 0 spiro atoms. The molecule has 14 heavy (non-hydrogen) atoms. The van der Waals surface area contributed by atoms with Crippen LogP contribution in [0.25, 0.3) is 0 Å². The van der Waals surface area contributed by atoms with E-state index in [0.717, 1.165) is 17.5 Å². The molecule has 0 atom stereocenters. The summed E-state index contributed by atoms with van der Waals surface area (Å²) in [6, 6.07) is 3.52. The van der Waals surface area contributed by atoms with Crippen molar-refractivity contribution in [3.05, 3.63) is 34.1 Å². The van der Waals surface area contributed by atoms with E-state index in [9.17, 15) is 4.39 Å². The molecule has 0 saturated heterocycles. The second-order valence-corrected chi connectivity index (χ2v) is 4.91. The van der Waals surface area contributed by atoms with Crippen molar-refractivity contribution in [2.24, 2.45) is 0 Å². The summed E-state index contributed by atoms with van der Waals surface area (Å²) in [6.07, 6.45) is 0.764. The van der Waals surface area contributed by atoms with Crippen LogP contribution in [0.1, 0.15) is 38.8 Å². The zero-order chi connectivity index (χ0) is 10.9. The fourth-order valence-electron chi connectivity index (χ4n) is 1.34. The van der Waals surface area contributed by atoms with Gasteiger partial charge in [0.05, 0.1) is 5.02 Å². The lowest BCUT2D eigenvalue weighted by molar-refractivity contribution is 0.570. The molecule has 0 unspecified atom stereocenters. The lowest BCUT2D eigenvalue weighted by Gasteiger charge is -2.20. The summed E-state index contributed by atoms with van der Waals surface area (Å²) in [4.78, 5) is 0. The van der Waals surface area contributed by atoms with Crippen LogP contribution in [-0.2, 0) is 11.8 Å². The lowest BCUT2D eigenvalue weighted by Crippen LogP contribution is -2.12. The Morgan fingerprint density at radius 2 is 1.86 bits per heavy atom. The normalized spacial score (nSPS) is 11.9. The van der Waals surface area contributed by atoms with Gasteiger partial charge >= 0.3 is 0 Å². The molecule has 0 aromatic heterocycles. The highest BCUT2D eigenvalue weighted by Gasteiger charge is 2.17. The molecule has 1 aromatic rings. The van der Waals surface area contributed by atoms with Crippen LogP contribution in [0.3, 0.4) is 0 Å². The summed E-state index contributed by atoms with van der Waals surface area (Å²) in [7, 11) is 0. The van der Waals surface area contributed by atoms with Gasteiger partial charge in [-0.2, -0.15) is 0 Å². The summed E-state index contributed by atoms with van der Waals surface area (Å²) in [5, 5.41) is 0.264. The molecule has 78 valence electrons.